The zero-order valence-corrected chi connectivity index (χ0v) is 9.65. The van der Waals surface area contributed by atoms with Crippen molar-refractivity contribution in [3.05, 3.63) is 42.4 Å². The van der Waals surface area contributed by atoms with Crippen LogP contribution < -0.4 is 11.5 Å². The molecule has 0 saturated carbocycles. The Bertz CT molecular complexity index is 559. The lowest BCUT2D eigenvalue weighted by Crippen LogP contribution is -2.12. The molecule has 17 heavy (non-hydrogen) atoms. The lowest BCUT2D eigenvalue weighted by Gasteiger charge is -2.04. The molecule has 4 N–H and O–H groups in total. The number of nitrogens with zero attached hydrogens (tertiary/aromatic N) is 2. The maximum atomic E-state index is 11.0. The first-order chi connectivity index (χ1) is 8.16. The summed E-state index contributed by atoms with van der Waals surface area (Å²) < 4.78 is 0. The number of carbonyl (C=O) groups excluding carboxylic acids is 1. The number of hydrogen-bond acceptors (Lipinski definition) is 5. The molecule has 0 spiro atoms. The van der Waals surface area contributed by atoms with E-state index in [1.54, 1.807) is 30.5 Å². The van der Waals surface area contributed by atoms with E-state index in [0.29, 0.717) is 10.7 Å². The van der Waals surface area contributed by atoms with Crippen LogP contribution in [0.1, 0.15) is 10.5 Å². The Morgan fingerprint density at radius 3 is 2.76 bits per heavy atom. The molecule has 2 rings (SSSR count). The third-order valence-electron chi connectivity index (χ3n) is 2.00. The number of nitrogen functional groups attached to an aromatic ring is 1. The van der Waals surface area contributed by atoms with Crippen LogP contribution in [0.3, 0.4) is 0 Å². The molecule has 0 unspecified atom stereocenters. The molecule has 0 aliphatic heterocycles. The summed E-state index contributed by atoms with van der Waals surface area (Å²) in [5.74, 6) is -0.554. The summed E-state index contributed by atoms with van der Waals surface area (Å²) >= 11 is 1.36. The van der Waals surface area contributed by atoms with Crippen molar-refractivity contribution in [1.82, 2.24) is 9.97 Å². The highest BCUT2D eigenvalue weighted by Crippen LogP contribution is 2.29. The number of anilines is 1. The van der Waals surface area contributed by atoms with E-state index in [2.05, 4.69) is 9.97 Å². The van der Waals surface area contributed by atoms with Crippen LogP contribution in [-0.4, -0.2) is 15.9 Å². The van der Waals surface area contributed by atoms with E-state index in [0.717, 1.165) is 4.90 Å². The second-order valence-electron chi connectivity index (χ2n) is 3.24. The van der Waals surface area contributed by atoms with Crippen molar-refractivity contribution >= 4 is 23.4 Å². The largest absolute Gasteiger partial charge is 0.397 e. The first kappa shape index (κ1) is 11.4. The van der Waals surface area contributed by atoms with Gasteiger partial charge in [0.05, 0.1) is 5.69 Å². The van der Waals surface area contributed by atoms with E-state index in [9.17, 15) is 4.79 Å². The van der Waals surface area contributed by atoms with Gasteiger partial charge in [-0.15, -0.1) is 0 Å². The van der Waals surface area contributed by atoms with E-state index >= 15 is 0 Å². The number of rotatable bonds is 3. The van der Waals surface area contributed by atoms with Gasteiger partial charge in [-0.2, -0.15) is 0 Å². The number of aromatic nitrogens is 2. The molecule has 0 aliphatic carbocycles. The molecular weight excluding hydrogens is 236 g/mol. The van der Waals surface area contributed by atoms with Crippen LogP contribution in [0.15, 0.2) is 46.6 Å². The Morgan fingerprint density at radius 1 is 1.24 bits per heavy atom. The van der Waals surface area contributed by atoms with E-state index in [1.807, 2.05) is 0 Å². The highest BCUT2D eigenvalue weighted by Gasteiger charge is 2.06. The maximum absolute atomic E-state index is 11.0. The molecular formula is C11H10N4OS. The quantitative estimate of drug-likeness (QED) is 0.851. The average molecular weight is 246 g/mol. The Labute approximate surface area is 102 Å². The highest BCUT2D eigenvalue weighted by atomic mass is 32.2. The van der Waals surface area contributed by atoms with Crippen LogP contribution in [0.2, 0.25) is 0 Å². The number of nitrogens with two attached hydrogens (primary N) is 2. The second kappa shape index (κ2) is 4.84. The summed E-state index contributed by atoms with van der Waals surface area (Å²) in [5, 5.41) is 0.689. The molecule has 0 saturated heterocycles. The van der Waals surface area contributed by atoms with Crippen LogP contribution in [0, 0.1) is 0 Å². The zero-order chi connectivity index (χ0) is 12.3. The van der Waals surface area contributed by atoms with E-state index in [1.165, 1.54) is 18.0 Å². The average Bonchev–Trinajstić information content (AvgIpc) is 2.32. The summed E-state index contributed by atoms with van der Waals surface area (Å²) in [5.41, 5.74) is 11.7. The molecule has 6 heteroatoms. The minimum absolute atomic E-state index is 0.226. The Morgan fingerprint density at radius 2 is 2.06 bits per heavy atom. The molecule has 0 fully saturated rings. The first-order valence-corrected chi connectivity index (χ1v) is 5.62. The van der Waals surface area contributed by atoms with Crippen molar-refractivity contribution in [3.8, 4) is 0 Å². The van der Waals surface area contributed by atoms with Gasteiger partial charge in [-0.1, -0.05) is 11.8 Å². The summed E-state index contributed by atoms with van der Waals surface area (Å²) in [6.45, 7) is 0. The van der Waals surface area contributed by atoms with Crippen molar-refractivity contribution in [2.45, 2.75) is 9.92 Å². The lowest BCUT2D eigenvalue weighted by molar-refractivity contribution is 0.0995. The summed E-state index contributed by atoms with van der Waals surface area (Å²) in [7, 11) is 0. The lowest BCUT2D eigenvalue weighted by atomic mass is 10.3. The molecule has 0 radical (unpaired) electrons. The topological polar surface area (TPSA) is 94.9 Å². The predicted octanol–water partition coefficient (Wildman–Crippen LogP) is 1.31. The van der Waals surface area contributed by atoms with Gasteiger partial charge < -0.3 is 11.5 Å². The van der Waals surface area contributed by atoms with E-state index in [4.69, 9.17) is 11.5 Å². The molecule has 86 valence electrons. The van der Waals surface area contributed by atoms with E-state index in [-0.39, 0.29) is 5.69 Å². The van der Waals surface area contributed by atoms with Crippen molar-refractivity contribution in [3.63, 3.8) is 0 Å². The third-order valence-corrected chi connectivity index (χ3v) is 3.02. The molecule has 2 aromatic heterocycles. The standard InChI is InChI=1S/C11H10N4OS/c12-8-2-1-4-15-11(8)17-7-3-5-14-9(6-7)10(13)16/h1-6H,12H2,(H2,13,16). The van der Waals surface area contributed by atoms with Crippen LogP contribution in [0.25, 0.3) is 0 Å². The van der Waals surface area contributed by atoms with Gasteiger partial charge in [0.2, 0.25) is 0 Å². The smallest absolute Gasteiger partial charge is 0.267 e. The van der Waals surface area contributed by atoms with Crippen molar-refractivity contribution in [2.75, 3.05) is 5.73 Å². The fraction of sp³-hybridized carbons (Fsp3) is 0. The third kappa shape index (κ3) is 2.73. The summed E-state index contributed by atoms with van der Waals surface area (Å²) in [6, 6.07) is 6.92. The van der Waals surface area contributed by atoms with Gasteiger partial charge in [0, 0.05) is 17.3 Å². The fourth-order valence-corrected chi connectivity index (χ4v) is 2.03. The van der Waals surface area contributed by atoms with Crippen molar-refractivity contribution < 1.29 is 4.79 Å². The van der Waals surface area contributed by atoms with Gasteiger partial charge >= 0.3 is 0 Å². The molecule has 1 amide bonds. The van der Waals surface area contributed by atoms with Gasteiger partial charge in [0.15, 0.2) is 0 Å². The molecule has 2 aromatic rings. The van der Waals surface area contributed by atoms with Gasteiger partial charge in [-0.05, 0) is 24.3 Å². The SMILES string of the molecule is NC(=O)c1cc(Sc2ncccc2N)ccn1. The van der Waals surface area contributed by atoms with Crippen LogP contribution in [-0.2, 0) is 0 Å². The van der Waals surface area contributed by atoms with Crippen molar-refractivity contribution in [1.29, 1.82) is 0 Å². The first-order valence-electron chi connectivity index (χ1n) is 4.81. The van der Waals surface area contributed by atoms with Crippen molar-refractivity contribution in [2.24, 2.45) is 5.73 Å². The summed E-state index contributed by atoms with van der Waals surface area (Å²) in [6.07, 6.45) is 3.19. The predicted molar refractivity (Wildman–Crippen MR) is 65.5 cm³/mol. The molecule has 5 nitrogen and oxygen atoms in total. The number of pyridine rings is 2. The Kier molecular flexibility index (Phi) is 3.24. The second-order valence-corrected chi connectivity index (χ2v) is 4.30. The van der Waals surface area contributed by atoms with Gasteiger partial charge in [-0.3, -0.25) is 9.78 Å². The molecule has 0 bridgehead atoms. The number of carbonyl (C=O) groups is 1. The maximum Gasteiger partial charge on any atom is 0.267 e. The number of amides is 1. The monoisotopic (exact) mass is 246 g/mol. The van der Waals surface area contributed by atoms with Crippen LogP contribution in [0.5, 0.6) is 0 Å². The van der Waals surface area contributed by atoms with Crippen LogP contribution in [0.4, 0.5) is 5.69 Å². The summed E-state index contributed by atoms with van der Waals surface area (Å²) in [4.78, 5) is 19.8. The number of primary amides is 1. The normalized spacial score (nSPS) is 10.1. The molecule has 0 aromatic carbocycles. The number of hydrogen-bond donors (Lipinski definition) is 2. The van der Waals surface area contributed by atoms with Crippen LogP contribution >= 0.6 is 11.8 Å². The minimum Gasteiger partial charge on any atom is -0.397 e. The van der Waals surface area contributed by atoms with Gasteiger partial charge in [-0.25, -0.2) is 4.98 Å². The Balaban J connectivity index is 2.28. The van der Waals surface area contributed by atoms with E-state index < -0.39 is 5.91 Å². The fourth-order valence-electron chi connectivity index (χ4n) is 1.21. The van der Waals surface area contributed by atoms with Gasteiger partial charge in [0.25, 0.3) is 5.91 Å². The molecule has 0 aliphatic rings. The zero-order valence-electron chi connectivity index (χ0n) is 8.83. The molecule has 0 atom stereocenters. The molecule has 2 heterocycles. The minimum atomic E-state index is -0.554. The Hall–Kier alpha value is -2.08. The van der Waals surface area contributed by atoms with Gasteiger partial charge in [0.1, 0.15) is 10.7 Å². The highest BCUT2D eigenvalue weighted by molar-refractivity contribution is 7.99.